The fourth-order valence-corrected chi connectivity index (χ4v) is 2.16. The van der Waals surface area contributed by atoms with Crippen molar-refractivity contribution >= 4 is 23.2 Å². The largest absolute Gasteiger partial charge is 0.263 e. The van der Waals surface area contributed by atoms with Gasteiger partial charge < -0.3 is 0 Å². The van der Waals surface area contributed by atoms with E-state index in [1.165, 1.54) is 6.20 Å². The van der Waals surface area contributed by atoms with Gasteiger partial charge in [0.05, 0.1) is 10.4 Å². The molecule has 0 radical (unpaired) electrons. The molecule has 2 rings (SSSR count). The number of aromatic nitrogens is 1. The van der Waals surface area contributed by atoms with Gasteiger partial charge in [-0.3, -0.25) is 4.98 Å². The molecule has 0 aliphatic heterocycles. The highest BCUT2D eigenvalue weighted by atomic mass is 35.5. The van der Waals surface area contributed by atoms with Crippen LogP contribution in [-0.2, 0) is 6.42 Å². The van der Waals surface area contributed by atoms with E-state index >= 15 is 0 Å². The summed E-state index contributed by atoms with van der Waals surface area (Å²) in [6, 6.07) is 4.92. The topological polar surface area (TPSA) is 12.9 Å². The van der Waals surface area contributed by atoms with Crippen molar-refractivity contribution in [2.45, 2.75) is 11.8 Å². The molecule has 1 unspecified atom stereocenters. The number of hydrogen-bond donors (Lipinski definition) is 0. The van der Waals surface area contributed by atoms with Gasteiger partial charge in [0.15, 0.2) is 0 Å². The average molecular weight is 288 g/mol. The van der Waals surface area contributed by atoms with Gasteiger partial charge in [-0.25, -0.2) is 8.78 Å². The van der Waals surface area contributed by atoms with Gasteiger partial charge in [0.2, 0.25) is 0 Å². The Hall–Kier alpha value is -1.19. The summed E-state index contributed by atoms with van der Waals surface area (Å²) in [7, 11) is 0. The fraction of sp³-hybridized carbons (Fsp3) is 0.154. The average Bonchev–Trinajstić information content (AvgIpc) is 2.35. The quantitative estimate of drug-likeness (QED) is 0.756. The molecule has 0 saturated carbocycles. The van der Waals surface area contributed by atoms with E-state index in [4.69, 9.17) is 23.2 Å². The van der Waals surface area contributed by atoms with Crippen LogP contribution in [0.3, 0.4) is 0 Å². The zero-order chi connectivity index (χ0) is 13.1. The third kappa shape index (κ3) is 2.98. The van der Waals surface area contributed by atoms with Crippen molar-refractivity contribution in [3.05, 3.63) is 64.4 Å². The zero-order valence-corrected chi connectivity index (χ0v) is 10.7. The van der Waals surface area contributed by atoms with Crippen molar-refractivity contribution in [3.63, 3.8) is 0 Å². The van der Waals surface area contributed by atoms with E-state index in [9.17, 15) is 8.78 Å². The van der Waals surface area contributed by atoms with Gasteiger partial charge >= 0.3 is 0 Å². The Kier molecular flexibility index (Phi) is 4.15. The molecule has 1 aromatic heterocycles. The number of alkyl halides is 1. The van der Waals surface area contributed by atoms with E-state index in [0.29, 0.717) is 11.4 Å². The number of halogens is 4. The van der Waals surface area contributed by atoms with Gasteiger partial charge in [-0.1, -0.05) is 11.6 Å². The van der Waals surface area contributed by atoms with Crippen molar-refractivity contribution in [2.75, 3.05) is 0 Å². The lowest BCUT2D eigenvalue weighted by Gasteiger charge is -2.12. The van der Waals surface area contributed by atoms with Crippen LogP contribution in [0.25, 0.3) is 0 Å². The molecule has 94 valence electrons. The van der Waals surface area contributed by atoms with Crippen LogP contribution in [0, 0.1) is 11.6 Å². The molecule has 0 N–H and O–H groups in total. The Balaban J connectivity index is 2.25. The molecule has 0 amide bonds. The Morgan fingerprint density at radius 1 is 1.22 bits per heavy atom. The second-order valence-corrected chi connectivity index (χ2v) is 4.74. The predicted molar refractivity (Wildman–Crippen MR) is 67.9 cm³/mol. The highest BCUT2D eigenvalue weighted by Crippen LogP contribution is 2.29. The number of hydrogen-bond acceptors (Lipinski definition) is 1. The minimum Gasteiger partial charge on any atom is -0.263 e. The van der Waals surface area contributed by atoms with Gasteiger partial charge in [-0.05, 0) is 36.2 Å². The lowest BCUT2D eigenvalue weighted by molar-refractivity contribution is 0.582. The number of nitrogens with zero attached hydrogens (tertiary/aromatic N) is 1. The maximum absolute atomic E-state index is 13.5. The first-order chi connectivity index (χ1) is 8.58. The van der Waals surface area contributed by atoms with E-state index in [1.54, 1.807) is 12.3 Å². The molecule has 1 aromatic carbocycles. The van der Waals surface area contributed by atoms with E-state index in [0.717, 1.165) is 23.8 Å². The zero-order valence-electron chi connectivity index (χ0n) is 9.21. The first-order valence-corrected chi connectivity index (χ1v) is 6.07. The van der Waals surface area contributed by atoms with Crippen LogP contribution >= 0.6 is 23.2 Å². The minimum absolute atomic E-state index is 0.129. The Labute approximate surface area is 113 Å². The number of pyridine rings is 1. The fourth-order valence-electron chi connectivity index (χ4n) is 1.63. The first-order valence-electron chi connectivity index (χ1n) is 5.25. The molecule has 18 heavy (non-hydrogen) atoms. The number of rotatable bonds is 3. The van der Waals surface area contributed by atoms with Gasteiger partial charge in [0.1, 0.15) is 11.6 Å². The molecule has 5 heteroatoms. The maximum atomic E-state index is 13.5. The Morgan fingerprint density at radius 3 is 2.72 bits per heavy atom. The van der Waals surface area contributed by atoms with Crippen molar-refractivity contribution in [1.82, 2.24) is 4.98 Å². The molecule has 0 bridgehead atoms. The highest BCUT2D eigenvalue weighted by molar-refractivity contribution is 6.31. The third-order valence-electron chi connectivity index (χ3n) is 2.55. The summed E-state index contributed by atoms with van der Waals surface area (Å²) in [6.45, 7) is 0. The van der Waals surface area contributed by atoms with Crippen LogP contribution in [0.1, 0.15) is 16.5 Å². The Morgan fingerprint density at radius 2 is 2.00 bits per heavy atom. The van der Waals surface area contributed by atoms with Gasteiger partial charge in [0, 0.05) is 18.0 Å². The molecular weight excluding hydrogens is 279 g/mol. The lowest BCUT2D eigenvalue weighted by Crippen LogP contribution is -2.00. The molecule has 0 aliphatic rings. The third-order valence-corrected chi connectivity index (χ3v) is 3.28. The molecular formula is C13H9Cl2F2N. The van der Waals surface area contributed by atoms with Crippen LogP contribution < -0.4 is 0 Å². The summed E-state index contributed by atoms with van der Waals surface area (Å²) >= 11 is 12.0. The molecule has 1 heterocycles. The summed E-state index contributed by atoms with van der Waals surface area (Å²) in [5.74, 6) is -1.04. The Bertz CT molecular complexity index is 560. The monoisotopic (exact) mass is 287 g/mol. The molecule has 0 aliphatic carbocycles. The number of benzene rings is 1. The van der Waals surface area contributed by atoms with E-state index in [2.05, 4.69) is 4.98 Å². The first kappa shape index (κ1) is 13.2. The second-order valence-electron chi connectivity index (χ2n) is 3.80. The van der Waals surface area contributed by atoms with Crippen molar-refractivity contribution < 1.29 is 8.78 Å². The SMILES string of the molecule is Fc1ccc(F)c(C(Cl)Cc2ccncc2Cl)c1. The minimum atomic E-state index is -0.680. The molecule has 1 atom stereocenters. The van der Waals surface area contributed by atoms with Crippen LogP contribution in [0.15, 0.2) is 36.7 Å². The summed E-state index contributed by atoms with van der Waals surface area (Å²) in [5, 5.41) is -0.222. The van der Waals surface area contributed by atoms with E-state index in [1.807, 2.05) is 0 Å². The van der Waals surface area contributed by atoms with Crippen LogP contribution in [0.2, 0.25) is 5.02 Å². The van der Waals surface area contributed by atoms with E-state index in [-0.39, 0.29) is 5.56 Å². The van der Waals surface area contributed by atoms with Gasteiger partial charge in [0.25, 0.3) is 0 Å². The molecule has 2 aromatic rings. The van der Waals surface area contributed by atoms with Gasteiger partial charge in [-0.2, -0.15) is 0 Å². The van der Waals surface area contributed by atoms with Gasteiger partial charge in [-0.15, -0.1) is 11.6 Å². The molecule has 0 spiro atoms. The highest BCUT2D eigenvalue weighted by Gasteiger charge is 2.16. The summed E-state index contributed by atoms with van der Waals surface area (Å²) in [5.41, 5.74) is 0.875. The summed E-state index contributed by atoms with van der Waals surface area (Å²) < 4.78 is 26.6. The van der Waals surface area contributed by atoms with Crippen molar-refractivity contribution in [2.24, 2.45) is 0 Å². The predicted octanol–water partition coefficient (Wildman–Crippen LogP) is 4.54. The summed E-state index contributed by atoms with van der Waals surface area (Å²) in [4.78, 5) is 3.85. The van der Waals surface area contributed by atoms with Crippen LogP contribution in [-0.4, -0.2) is 4.98 Å². The lowest BCUT2D eigenvalue weighted by atomic mass is 10.0. The molecule has 1 nitrogen and oxygen atoms in total. The summed E-state index contributed by atoms with van der Waals surface area (Å²) in [6.07, 6.45) is 3.37. The smallest absolute Gasteiger partial charge is 0.128 e. The molecule has 0 fully saturated rings. The van der Waals surface area contributed by atoms with E-state index < -0.39 is 17.0 Å². The van der Waals surface area contributed by atoms with Crippen LogP contribution in [0.4, 0.5) is 8.78 Å². The van der Waals surface area contributed by atoms with Crippen molar-refractivity contribution in [1.29, 1.82) is 0 Å². The maximum Gasteiger partial charge on any atom is 0.128 e. The normalized spacial score (nSPS) is 12.4. The van der Waals surface area contributed by atoms with Crippen molar-refractivity contribution in [3.8, 4) is 0 Å². The van der Waals surface area contributed by atoms with Crippen LogP contribution in [0.5, 0.6) is 0 Å². The second kappa shape index (κ2) is 5.63. The molecule has 0 saturated heterocycles. The standard InChI is InChI=1S/C13H9Cl2F2N/c14-11(5-8-3-4-18-7-12(8)15)10-6-9(16)1-2-13(10)17/h1-4,6-7,11H,5H2.